The molecule has 1 aliphatic heterocycles. The molecule has 0 bridgehead atoms. The molecular weight excluding hydrogens is 446 g/mol. The normalized spacial score (nSPS) is 14.8. The molecule has 1 aliphatic rings. The molecule has 1 fully saturated rings. The van der Waals surface area contributed by atoms with E-state index in [1.54, 1.807) is 43.5 Å². The summed E-state index contributed by atoms with van der Waals surface area (Å²) in [6.45, 7) is 0.550. The molecule has 5 nitrogen and oxygen atoms in total. The predicted octanol–water partition coefficient (Wildman–Crippen LogP) is 6.16. The highest BCUT2D eigenvalue weighted by Crippen LogP contribution is 2.36. The number of nitrogens with zero attached hydrogens (tertiary/aromatic N) is 1. The molecule has 162 valence electrons. The molecule has 1 heterocycles. The van der Waals surface area contributed by atoms with Gasteiger partial charge >= 0.3 is 0 Å². The van der Waals surface area contributed by atoms with Crippen LogP contribution in [0.2, 0.25) is 5.02 Å². The summed E-state index contributed by atoms with van der Waals surface area (Å²) < 4.78 is 11.3. The average Bonchev–Trinajstić information content (AvgIpc) is 3.07. The zero-order valence-electron chi connectivity index (χ0n) is 17.3. The Bertz CT molecular complexity index is 1180. The lowest BCUT2D eigenvalue weighted by molar-refractivity contribution is -0.123. The van der Waals surface area contributed by atoms with Crippen molar-refractivity contribution in [1.82, 2.24) is 4.90 Å². The van der Waals surface area contributed by atoms with E-state index in [4.69, 9.17) is 21.1 Å². The molecule has 3 aromatic carbocycles. The highest BCUT2D eigenvalue weighted by molar-refractivity contribution is 8.18. The van der Waals surface area contributed by atoms with E-state index in [-0.39, 0.29) is 17.7 Å². The van der Waals surface area contributed by atoms with Crippen LogP contribution in [0.3, 0.4) is 0 Å². The molecule has 0 aliphatic carbocycles. The van der Waals surface area contributed by atoms with Crippen molar-refractivity contribution in [3.63, 3.8) is 0 Å². The lowest BCUT2D eigenvalue weighted by Crippen LogP contribution is -2.27. The summed E-state index contributed by atoms with van der Waals surface area (Å²) in [4.78, 5) is 26.8. The molecule has 7 heteroatoms. The van der Waals surface area contributed by atoms with Crippen LogP contribution in [0, 0.1) is 0 Å². The van der Waals surface area contributed by atoms with Gasteiger partial charge in [-0.25, -0.2) is 0 Å². The molecule has 0 aromatic heterocycles. The lowest BCUT2D eigenvalue weighted by atomic mass is 10.1. The van der Waals surface area contributed by atoms with E-state index in [1.165, 1.54) is 4.90 Å². The number of imide groups is 1. The summed E-state index contributed by atoms with van der Waals surface area (Å²) >= 11 is 7.09. The maximum Gasteiger partial charge on any atom is 0.293 e. The molecule has 3 aromatic rings. The van der Waals surface area contributed by atoms with E-state index in [2.05, 4.69) is 0 Å². The van der Waals surface area contributed by atoms with Crippen molar-refractivity contribution in [2.75, 3.05) is 7.11 Å². The van der Waals surface area contributed by atoms with Crippen LogP contribution in [0.1, 0.15) is 16.7 Å². The third kappa shape index (κ3) is 4.98. The summed E-state index contributed by atoms with van der Waals surface area (Å²) in [5.41, 5.74) is 2.50. The number of carbonyl (C=O) groups is 2. The van der Waals surface area contributed by atoms with Gasteiger partial charge in [0.15, 0.2) is 11.5 Å². The van der Waals surface area contributed by atoms with Gasteiger partial charge < -0.3 is 9.47 Å². The number of thioether (sulfide) groups is 1. The number of hydrogen-bond acceptors (Lipinski definition) is 5. The van der Waals surface area contributed by atoms with Gasteiger partial charge in [0, 0.05) is 5.02 Å². The van der Waals surface area contributed by atoms with Crippen LogP contribution in [0.15, 0.2) is 77.7 Å². The number of carbonyl (C=O) groups excluding carboxylic acids is 2. The van der Waals surface area contributed by atoms with Crippen LogP contribution in [-0.4, -0.2) is 23.2 Å². The van der Waals surface area contributed by atoms with Crippen LogP contribution >= 0.6 is 23.4 Å². The van der Waals surface area contributed by atoms with Crippen molar-refractivity contribution in [2.24, 2.45) is 0 Å². The summed E-state index contributed by atoms with van der Waals surface area (Å²) in [5, 5.41) is 0.197. The van der Waals surface area contributed by atoms with Gasteiger partial charge in [0.1, 0.15) is 6.61 Å². The van der Waals surface area contributed by atoms with Gasteiger partial charge in [-0.15, -0.1) is 0 Å². The summed E-state index contributed by atoms with van der Waals surface area (Å²) in [6.07, 6.45) is 1.68. The largest absolute Gasteiger partial charge is 0.493 e. The molecule has 0 N–H and O–H groups in total. The van der Waals surface area contributed by atoms with Crippen LogP contribution in [-0.2, 0) is 17.9 Å². The first-order valence-corrected chi connectivity index (χ1v) is 11.1. The van der Waals surface area contributed by atoms with Crippen molar-refractivity contribution >= 4 is 40.6 Å². The fraction of sp³-hybridized carbons (Fsp3) is 0.120. The second-order valence-electron chi connectivity index (χ2n) is 7.04. The Morgan fingerprint density at radius 3 is 2.47 bits per heavy atom. The summed E-state index contributed by atoms with van der Waals surface area (Å²) in [7, 11) is 1.56. The van der Waals surface area contributed by atoms with Gasteiger partial charge in [-0.05, 0) is 52.7 Å². The Balaban J connectivity index is 1.50. The Morgan fingerprint density at radius 2 is 1.72 bits per heavy atom. The van der Waals surface area contributed by atoms with E-state index in [0.29, 0.717) is 28.0 Å². The van der Waals surface area contributed by atoms with Crippen molar-refractivity contribution < 1.29 is 19.1 Å². The monoisotopic (exact) mass is 465 g/mol. The van der Waals surface area contributed by atoms with Gasteiger partial charge in [-0.2, -0.15) is 0 Å². The predicted molar refractivity (Wildman–Crippen MR) is 127 cm³/mol. The Hall–Kier alpha value is -3.22. The van der Waals surface area contributed by atoms with E-state index in [1.807, 2.05) is 42.5 Å². The van der Waals surface area contributed by atoms with Crippen LogP contribution in [0.5, 0.6) is 11.5 Å². The second-order valence-corrected chi connectivity index (χ2v) is 8.44. The van der Waals surface area contributed by atoms with Crippen molar-refractivity contribution in [3.8, 4) is 11.5 Å². The summed E-state index contributed by atoms with van der Waals surface area (Å²) in [5.74, 6) is 0.800. The maximum absolute atomic E-state index is 12.8. The fourth-order valence-electron chi connectivity index (χ4n) is 3.21. The number of rotatable bonds is 7. The van der Waals surface area contributed by atoms with Crippen LogP contribution in [0.4, 0.5) is 4.79 Å². The third-order valence-electron chi connectivity index (χ3n) is 4.88. The minimum atomic E-state index is -0.344. The van der Waals surface area contributed by atoms with Crippen molar-refractivity contribution in [3.05, 3.63) is 99.4 Å². The van der Waals surface area contributed by atoms with E-state index in [9.17, 15) is 9.59 Å². The van der Waals surface area contributed by atoms with E-state index in [0.717, 1.165) is 28.5 Å². The molecule has 4 rings (SSSR count). The molecule has 0 atom stereocenters. The fourth-order valence-corrected chi connectivity index (χ4v) is 4.25. The minimum Gasteiger partial charge on any atom is -0.493 e. The number of hydrogen-bond donors (Lipinski definition) is 0. The van der Waals surface area contributed by atoms with Gasteiger partial charge in [0.25, 0.3) is 11.1 Å². The van der Waals surface area contributed by atoms with Crippen molar-refractivity contribution in [2.45, 2.75) is 13.2 Å². The Labute approximate surface area is 195 Å². The van der Waals surface area contributed by atoms with Gasteiger partial charge in [-0.1, -0.05) is 66.2 Å². The molecule has 32 heavy (non-hydrogen) atoms. The van der Waals surface area contributed by atoms with Crippen molar-refractivity contribution in [1.29, 1.82) is 0 Å². The van der Waals surface area contributed by atoms with E-state index < -0.39 is 0 Å². The highest BCUT2D eigenvalue weighted by Gasteiger charge is 2.35. The maximum atomic E-state index is 12.8. The lowest BCUT2D eigenvalue weighted by Gasteiger charge is -2.13. The molecule has 0 saturated carbocycles. The first-order chi connectivity index (χ1) is 15.5. The molecule has 1 saturated heterocycles. The van der Waals surface area contributed by atoms with E-state index >= 15 is 0 Å². The molecule has 0 spiro atoms. The van der Waals surface area contributed by atoms with Gasteiger partial charge in [-0.3, -0.25) is 14.5 Å². The Kier molecular flexibility index (Phi) is 6.83. The number of ether oxygens (including phenoxy) is 2. The standard InChI is InChI=1S/C25H20ClNO4S/c1-30-22-13-18(11-12-21(22)31-16-17-7-3-2-4-8-17)14-23-24(28)27(25(29)32-23)15-19-9-5-6-10-20(19)26/h2-14H,15-16H2,1H3/b23-14+. The first kappa shape index (κ1) is 22.0. The van der Waals surface area contributed by atoms with Gasteiger partial charge in [0.2, 0.25) is 0 Å². The third-order valence-corrected chi connectivity index (χ3v) is 6.16. The molecule has 0 radical (unpaired) electrons. The number of halogens is 1. The number of benzene rings is 3. The topological polar surface area (TPSA) is 55.8 Å². The number of methoxy groups -OCH3 is 1. The highest BCUT2D eigenvalue weighted by atomic mass is 35.5. The minimum absolute atomic E-state index is 0.136. The smallest absolute Gasteiger partial charge is 0.293 e. The molecule has 0 unspecified atom stereocenters. The quantitative estimate of drug-likeness (QED) is 0.391. The molecule has 2 amide bonds. The first-order valence-electron chi connectivity index (χ1n) is 9.88. The zero-order valence-corrected chi connectivity index (χ0v) is 18.9. The zero-order chi connectivity index (χ0) is 22.5. The van der Waals surface area contributed by atoms with Gasteiger partial charge in [0.05, 0.1) is 18.6 Å². The number of amides is 2. The Morgan fingerprint density at radius 1 is 0.969 bits per heavy atom. The SMILES string of the molecule is COc1cc(/C=C2/SC(=O)N(Cc3ccccc3Cl)C2=O)ccc1OCc1ccccc1. The second kappa shape index (κ2) is 9.94. The molecular formula is C25H20ClNO4S. The average molecular weight is 466 g/mol. The summed E-state index contributed by atoms with van der Waals surface area (Å²) in [6, 6.07) is 22.4. The van der Waals surface area contributed by atoms with Crippen LogP contribution < -0.4 is 9.47 Å². The van der Waals surface area contributed by atoms with Crippen LogP contribution in [0.25, 0.3) is 6.08 Å².